The van der Waals surface area contributed by atoms with Gasteiger partial charge in [0, 0.05) is 0 Å². The Morgan fingerprint density at radius 1 is 1.23 bits per heavy atom. The average Bonchev–Trinajstić information content (AvgIpc) is 3.22. The van der Waals surface area contributed by atoms with Crippen LogP contribution in [0.1, 0.15) is 49.3 Å². The molecule has 9 heteroatoms. The summed E-state index contributed by atoms with van der Waals surface area (Å²) in [6, 6.07) is 9.69. The van der Waals surface area contributed by atoms with E-state index in [0.717, 1.165) is 11.8 Å². The van der Waals surface area contributed by atoms with E-state index in [-0.39, 0.29) is 23.6 Å². The van der Waals surface area contributed by atoms with Gasteiger partial charge in [-0.05, 0) is 47.7 Å². The van der Waals surface area contributed by atoms with Crippen molar-refractivity contribution in [3.8, 4) is 5.69 Å². The molecule has 0 radical (unpaired) electrons. The van der Waals surface area contributed by atoms with Gasteiger partial charge in [-0.1, -0.05) is 26.0 Å². The summed E-state index contributed by atoms with van der Waals surface area (Å²) in [6.07, 6.45) is -1.08. The third kappa shape index (κ3) is 4.21. The van der Waals surface area contributed by atoms with Crippen molar-refractivity contribution in [3.63, 3.8) is 0 Å². The number of alkyl halides is 3. The van der Waals surface area contributed by atoms with Crippen LogP contribution in [0.3, 0.4) is 0 Å². The van der Waals surface area contributed by atoms with Crippen molar-refractivity contribution >= 4 is 23.0 Å². The van der Waals surface area contributed by atoms with Crippen LogP contribution >= 0.6 is 0 Å². The molecule has 1 aromatic heterocycles. The van der Waals surface area contributed by atoms with Crippen LogP contribution in [-0.4, -0.2) is 26.4 Å². The highest BCUT2D eigenvalue weighted by Crippen LogP contribution is 2.42. The molecule has 0 saturated carbocycles. The molecule has 2 aromatic carbocycles. The van der Waals surface area contributed by atoms with Crippen LogP contribution in [0.15, 0.2) is 54.0 Å². The molecular formula is C22H20F3N5O. The van der Waals surface area contributed by atoms with Gasteiger partial charge >= 0.3 is 6.18 Å². The van der Waals surface area contributed by atoms with Crippen molar-refractivity contribution < 1.29 is 18.0 Å². The summed E-state index contributed by atoms with van der Waals surface area (Å²) in [5.74, 6) is -0.733. The SMILES string of the molecule is CCC(C)c1cc2c(cc1C(F)(F)F)NC(=O)CC(c1cccc(-n3cncn3)c1)=N2. The van der Waals surface area contributed by atoms with Crippen LogP contribution in [-0.2, 0) is 11.0 Å². The third-order valence-electron chi connectivity index (χ3n) is 5.34. The highest BCUT2D eigenvalue weighted by molar-refractivity contribution is 6.17. The maximum atomic E-state index is 13.7. The summed E-state index contributed by atoms with van der Waals surface area (Å²) >= 11 is 0. The van der Waals surface area contributed by atoms with Gasteiger partial charge in [0.1, 0.15) is 12.7 Å². The number of hydrogen-bond acceptors (Lipinski definition) is 4. The lowest BCUT2D eigenvalue weighted by Crippen LogP contribution is -2.16. The number of nitrogens with one attached hydrogen (secondary N) is 1. The van der Waals surface area contributed by atoms with Crippen LogP contribution in [0.5, 0.6) is 0 Å². The van der Waals surface area contributed by atoms with Gasteiger partial charge in [0.2, 0.25) is 5.91 Å². The molecule has 2 heterocycles. The van der Waals surface area contributed by atoms with Crippen molar-refractivity contribution in [2.45, 2.75) is 38.8 Å². The monoisotopic (exact) mass is 427 g/mol. The van der Waals surface area contributed by atoms with E-state index in [9.17, 15) is 18.0 Å². The summed E-state index contributed by atoms with van der Waals surface area (Å²) in [5.41, 5.74) is 1.68. The average molecular weight is 427 g/mol. The summed E-state index contributed by atoms with van der Waals surface area (Å²) in [7, 11) is 0. The van der Waals surface area contributed by atoms with E-state index in [1.54, 1.807) is 30.1 Å². The lowest BCUT2D eigenvalue weighted by molar-refractivity contribution is -0.138. The van der Waals surface area contributed by atoms with Crippen molar-refractivity contribution in [3.05, 3.63) is 65.7 Å². The van der Waals surface area contributed by atoms with Crippen molar-refractivity contribution in [2.24, 2.45) is 4.99 Å². The molecule has 0 bridgehead atoms. The number of aromatic nitrogens is 3. The first-order valence-electron chi connectivity index (χ1n) is 9.84. The lowest BCUT2D eigenvalue weighted by atomic mass is 9.92. The highest BCUT2D eigenvalue weighted by atomic mass is 19.4. The zero-order valence-corrected chi connectivity index (χ0v) is 16.9. The van der Waals surface area contributed by atoms with Gasteiger partial charge in [0.25, 0.3) is 0 Å². The molecule has 31 heavy (non-hydrogen) atoms. The Morgan fingerprint density at radius 2 is 2.03 bits per heavy atom. The zero-order valence-electron chi connectivity index (χ0n) is 16.9. The van der Waals surface area contributed by atoms with Gasteiger partial charge in [-0.2, -0.15) is 18.3 Å². The maximum absolute atomic E-state index is 13.7. The zero-order chi connectivity index (χ0) is 22.2. The number of benzene rings is 2. The smallest absolute Gasteiger partial charge is 0.324 e. The predicted octanol–water partition coefficient (Wildman–Crippen LogP) is 5.26. The second-order valence-corrected chi connectivity index (χ2v) is 7.44. The Hall–Kier alpha value is -3.49. The minimum absolute atomic E-state index is 0.0600. The molecule has 0 fully saturated rings. The van der Waals surface area contributed by atoms with Crippen LogP contribution in [0.2, 0.25) is 0 Å². The molecule has 3 aromatic rings. The van der Waals surface area contributed by atoms with Crippen molar-refractivity contribution in [1.82, 2.24) is 14.8 Å². The lowest BCUT2D eigenvalue weighted by Gasteiger charge is -2.19. The van der Waals surface area contributed by atoms with E-state index >= 15 is 0 Å². The summed E-state index contributed by atoms with van der Waals surface area (Å²) in [4.78, 5) is 21.0. The van der Waals surface area contributed by atoms with E-state index in [1.807, 2.05) is 19.1 Å². The topological polar surface area (TPSA) is 72.2 Å². The van der Waals surface area contributed by atoms with E-state index in [4.69, 9.17) is 0 Å². The molecule has 0 saturated heterocycles. The number of rotatable bonds is 4. The summed E-state index contributed by atoms with van der Waals surface area (Å²) in [6.45, 7) is 3.58. The first kappa shape index (κ1) is 20.8. The molecular weight excluding hydrogens is 407 g/mol. The number of aliphatic imine (C=N–C) groups is 1. The fourth-order valence-corrected chi connectivity index (χ4v) is 3.54. The Morgan fingerprint density at radius 3 is 2.71 bits per heavy atom. The van der Waals surface area contributed by atoms with Gasteiger partial charge in [-0.15, -0.1) is 0 Å². The molecule has 1 N–H and O–H groups in total. The molecule has 0 spiro atoms. The third-order valence-corrected chi connectivity index (χ3v) is 5.34. The Kier molecular flexibility index (Phi) is 5.34. The number of halogens is 3. The molecule has 1 unspecified atom stereocenters. The molecule has 6 nitrogen and oxygen atoms in total. The van der Waals surface area contributed by atoms with Crippen LogP contribution in [0.4, 0.5) is 24.5 Å². The molecule has 1 aliphatic rings. The van der Waals surface area contributed by atoms with E-state index in [1.165, 1.54) is 12.4 Å². The molecule has 1 atom stereocenters. The van der Waals surface area contributed by atoms with Crippen LogP contribution in [0, 0.1) is 0 Å². The minimum Gasteiger partial charge on any atom is -0.324 e. The molecule has 1 aliphatic heterocycles. The van der Waals surface area contributed by atoms with Crippen molar-refractivity contribution in [1.29, 1.82) is 0 Å². The Bertz CT molecular complexity index is 1150. The number of amides is 1. The largest absolute Gasteiger partial charge is 0.416 e. The quantitative estimate of drug-likeness (QED) is 0.617. The van der Waals surface area contributed by atoms with E-state index < -0.39 is 17.6 Å². The maximum Gasteiger partial charge on any atom is 0.416 e. The molecule has 0 aliphatic carbocycles. The number of carbonyl (C=O) groups is 1. The number of carbonyl (C=O) groups excluding carboxylic acids is 1. The second-order valence-electron chi connectivity index (χ2n) is 7.44. The Balaban J connectivity index is 1.84. The Labute approximate surface area is 176 Å². The fourth-order valence-electron chi connectivity index (χ4n) is 3.54. The van der Waals surface area contributed by atoms with Gasteiger partial charge in [0.05, 0.1) is 34.8 Å². The van der Waals surface area contributed by atoms with Gasteiger partial charge in [-0.3, -0.25) is 9.79 Å². The summed E-state index contributed by atoms with van der Waals surface area (Å²) < 4.78 is 42.6. The first-order chi connectivity index (χ1) is 14.8. The van der Waals surface area contributed by atoms with E-state index in [2.05, 4.69) is 20.4 Å². The predicted molar refractivity (Wildman–Crippen MR) is 111 cm³/mol. The van der Waals surface area contributed by atoms with Gasteiger partial charge in [0.15, 0.2) is 0 Å². The number of anilines is 1. The number of hydrogen-bond donors (Lipinski definition) is 1. The van der Waals surface area contributed by atoms with E-state index in [0.29, 0.717) is 23.4 Å². The van der Waals surface area contributed by atoms with Crippen LogP contribution < -0.4 is 5.32 Å². The minimum atomic E-state index is -4.52. The van der Waals surface area contributed by atoms with Gasteiger partial charge in [-0.25, -0.2) is 9.67 Å². The molecule has 1 amide bonds. The molecule has 160 valence electrons. The van der Waals surface area contributed by atoms with Gasteiger partial charge < -0.3 is 5.32 Å². The summed E-state index contributed by atoms with van der Waals surface area (Å²) in [5, 5.41) is 6.67. The standard InChI is InChI=1S/C22H20F3N5O/c1-3-13(2)16-8-19-20(9-17(16)22(23,24)25)29-21(31)10-18(28-19)14-5-4-6-15(7-14)30-12-26-11-27-30/h4-9,11-13H,3,10H2,1-2H3,(H,29,31). The highest BCUT2D eigenvalue weighted by Gasteiger charge is 2.36. The second kappa shape index (κ2) is 7.98. The first-order valence-corrected chi connectivity index (χ1v) is 9.84. The normalized spacial score (nSPS) is 15.0. The number of nitrogens with zero attached hydrogens (tertiary/aromatic N) is 4. The van der Waals surface area contributed by atoms with Crippen LogP contribution in [0.25, 0.3) is 5.69 Å². The fraction of sp³-hybridized carbons (Fsp3) is 0.273. The molecule has 4 rings (SSSR count). The van der Waals surface area contributed by atoms with Crippen molar-refractivity contribution in [2.75, 3.05) is 5.32 Å². The number of fused-ring (bicyclic) bond motifs is 1.